The molecule has 0 saturated heterocycles. The Morgan fingerprint density at radius 3 is 1.79 bits per heavy atom. The number of aryl methyl sites for hydroxylation is 4. The predicted molar refractivity (Wildman–Crippen MR) is 323 cm³/mol. The molecule has 5 aromatic rings. The van der Waals surface area contributed by atoms with Crippen LogP contribution in [0.5, 0.6) is 0 Å². The molecule has 2 unspecified atom stereocenters. The number of unbranched alkanes of at least 4 members (excludes halogenated alkanes) is 1. The third-order valence-electron chi connectivity index (χ3n) is 11.2. The van der Waals surface area contributed by atoms with E-state index in [0.717, 1.165) is 12.0 Å². The smallest absolute Gasteiger partial charge is 0.000799 e. The molecule has 0 amide bonds. The van der Waals surface area contributed by atoms with Crippen molar-refractivity contribution in [2.24, 2.45) is 11.8 Å². The lowest BCUT2D eigenvalue weighted by atomic mass is 9.89. The monoisotopic (exact) mass is 933 g/mol. The molecule has 0 N–H and O–H groups in total. The van der Waals surface area contributed by atoms with Crippen molar-refractivity contribution in [3.8, 4) is 22.3 Å². The van der Waals surface area contributed by atoms with E-state index in [0.29, 0.717) is 11.8 Å². The van der Waals surface area contributed by atoms with Crippen LogP contribution in [0.25, 0.3) is 33.4 Å². The largest absolute Gasteiger partial charge is 0.106 e. The van der Waals surface area contributed by atoms with E-state index in [2.05, 4.69) is 265 Å². The fourth-order valence-corrected chi connectivity index (χ4v) is 7.44. The minimum atomic E-state index is 0.419. The molecule has 1 aliphatic rings. The molecular weight excluding hydrogens is 841 g/mol. The standard InChI is InChI=1S/C22H22.C20H22.C16H20.C6H12.2C2H6.C2H4/c1-4-18-12-14-19(15-13-18)21-11-7-9-17(3)22(21)20-10-6-5-8-16(20)2;1-15(2)6-5-7-20(19-13-10-17(4)14-19)18-11-8-16(3)9-12-18;1-5-15(6-2)13(3)12-14(4)16-10-8-7-9-11-16;1-3-5-6-4-2;3*1-2/h5-15H,4H2,1-3H3;5-14,17H,1H2,2-4H3;5-13H,1H2,2-4H3;3,5H,4,6H2,1-2H3;2*1-2H3;1-2H2/b;6-5-,20-7-;14-12+,15-6+;5-3-;;;. The minimum absolute atomic E-state index is 0.419. The summed E-state index contributed by atoms with van der Waals surface area (Å²) >= 11 is 0. The van der Waals surface area contributed by atoms with Gasteiger partial charge in [-0.15, -0.1) is 13.2 Å². The topological polar surface area (TPSA) is 0 Å². The zero-order valence-corrected chi connectivity index (χ0v) is 46.5. The summed E-state index contributed by atoms with van der Waals surface area (Å²) < 4.78 is 0. The molecule has 372 valence electrons. The molecule has 0 spiro atoms. The van der Waals surface area contributed by atoms with E-state index in [1.54, 1.807) is 0 Å². The first-order valence-corrected chi connectivity index (χ1v) is 25.8. The third kappa shape index (κ3) is 23.2. The second kappa shape index (κ2) is 38.4. The molecule has 5 aromatic carbocycles. The van der Waals surface area contributed by atoms with Crippen molar-refractivity contribution in [2.45, 2.75) is 123 Å². The molecule has 0 radical (unpaired) electrons. The Bertz CT molecular complexity index is 2430. The average molecular weight is 934 g/mol. The van der Waals surface area contributed by atoms with Gasteiger partial charge in [0.2, 0.25) is 0 Å². The molecule has 0 aliphatic heterocycles. The highest BCUT2D eigenvalue weighted by atomic mass is 14.2. The van der Waals surface area contributed by atoms with Crippen molar-refractivity contribution < 1.29 is 0 Å². The fourth-order valence-electron chi connectivity index (χ4n) is 7.44. The van der Waals surface area contributed by atoms with Crippen molar-refractivity contribution in [3.05, 3.63) is 265 Å². The van der Waals surface area contributed by atoms with Gasteiger partial charge in [0, 0.05) is 0 Å². The second-order valence-corrected chi connectivity index (χ2v) is 16.7. The number of hydrogen-bond acceptors (Lipinski definition) is 0. The van der Waals surface area contributed by atoms with Gasteiger partial charge in [0.15, 0.2) is 0 Å². The van der Waals surface area contributed by atoms with Crippen molar-refractivity contribution in [1.82, 2.24) is 0 Å². The van der Waals surface area contributed by atoms with Crippen LogP contribution in [0.2, 0.25) is 0 Å². The van der Waals surface area contributed by atoms with Crippen molar-refractivity contribution in [1.29, 1.82) is 0 Å². The number of hydrogen-bond donors (Lipinski definition) is 0. The lowest BCUT2D eigenvalue weighted by Crippen LogP contribution is -1.93. The molecule has 0 heterocycles. The van der Waals surface area contributed by atoms with Crippen molar-refractivity contribution in [2.75, 3.05) is 0 Å². The molecule has 6 rings (SSSR count). The fraction of sp³-hybridized carbons (Fsp3) is 0.286. The molecule has 0 bridgehead atoms. The van der Waals surface area contributed by atoms with Gasteiger partial charge in [0.05, 0.1) is 0 Å². The van der Waals surface area contributed by atoms with Crippen LogP contribution in [-0.4, -0.2) is 0 Å². The Balaban J connectivity index is 0.000000924. The summed E-state index contributed by atoms with van der Waals surface area (Å²) in [5, 5.41) is 0. The highest BCUT2D eigenvalue weighted by Crippen LogP contribution is 2.36. The van der Waals surface area contributed by atoms with Gasteiger partial charge < -0.3 is 0 Å². The summed E-state index contributed by atoms with van der Waals surface area (Å²) in [6.45, 7) is 45.3. The van der Waals surface area contributed by atoms with Crippen molar-refractivity contribution in [3.63, 3.8) is 0 Å². The maximum atomic E-state index is 3.90. The predicted octanol–water partition coefficient (Wildman–Crippen LogP) is 21.9. The van der Waals surface area contributed by atoms with Crippen LogP contribution >= 0.6 is 0 Å². The minimum Gasteiger partial charge on any atom is -0.106 e. The summed E-state index contributed by atoms with van der Waals surface area (Å²) in [7, 11) is 0. The van der Waals surface area contributed by atoms with Gasteiger partial charge >= 0.3 is 0 Å². The van der Waals surface area contributed by atoms with E-state index in [1.165, 1.54) is 90.8 Å². The summed E-state index contributed by atoms with van der Waals surface area (Å²) in [5.41, 5.74) is 19.4. The zero-order chi connectivity index (χ0) is 52.9. The van der Waals surface area contributed by atoms with E-state index < -0.39 is 0 Å². The highest BCUT2D eigenvalue weighted by molar-refractivity contribution is 5.87. The summed E-state index contributed by atoms with van der Waals surface area (Å²) in [6, 6.07) is 43.3. The number of allylic oxidation sites excluding steroid dienone is 16. The normalized spacial score (nSPS) is 13.2. The molecule has 0 heteroatoms. The molecule has 0 saturated carbocycles. The first-order valence-electron chi connectivity index (χ1n) is 25.8. The molecule has 2 atom stereocenters. The Morgan fingerprint density at radius 1 is 0.700 bits per heavy atom. The first kappa shape index (κ1) is 63.5. The Labute approximate surface area is 430 Å². The van der Waals surface area contributed by atoms with E-state index in [9.17, 15) is 0 Å². The number of benzene rings is 5. The van der Waals surface area contributed by atoms with Gasteiger partial charge in [-0.25, -0.2) is 0 Å². The van der Waals surface area contributed by atoms with Crippen LogP contribution in [0, 0.1) is 32.6 Å². The Morgan fingerprint density at radius 2 is 1.29 bits per heavy atom. The van der Waals surface area contributed by atoms with E-state index in [1.807, 2.05) is 52.8 Å². The number of rotatable bonds is 13. The molecule has 0 fully saturated rings. The third-order valence-corrected chi connectivity index (χ3v) is 11.2. The molecule has 1 aliphatic carbocycles. The maximum Gasteiger partial charge on any atom is -0.000799 e. The SMILES string of the molecule is C/C=C\CCC.C=C.C=C(C)/C=C\C=C(/C1=CC(C)C=C1)c1ccc(C)cc1.C=C/C(=C\C)C(C)/C=C(\C)c1ccccc1.CC.CC.CCc1ccc(-c2cccc(C)c2-c2ccccc2C)cc1. The Kier molecular flexibility index (Phi) is 34.8. The second-order valence-electron chi connectivity index (χ2n) is 16.7. The highest BCUT2D eigenvalue weighted by Gasteiger charge is 2.13. The Hall–Kier alpha value is -6.50. The van der Waals surface area contributed by atoms with Crippen LogP contribution in [0.4, 0.5) is 0 Å². The molecular formula is C70H92. The van der Waals surface area contributed by atoms with Crippen LogP contribution < -0.4 is 0 Å². The van der Waals surface area contributed by atoms with Crippen LogP contribution in [0.1, 0.15) is 129 Å². The van der Waals surface area contributed by atoms with Gasteiger partial charge in [0.1, 0.15) is 0 Å². The van der Waals surface area contributed by atoms with Gasteiger partial charge in [-0.05, 0) is 146 Å². The quantitative estimate of drug-likeness (QED) is 0.0815. The van der Waals surface area contributed by atoms with Crippen molar-refractivity contribution >= 4 is 11.1 Å². The van der Waals surface area contributed by atoms with Gasteiger partial charge in [0.25, 0.3) is 0 Å². The van der Waals surface area contributed by atoms with Crippen LogP contribution in [-0.2, 0) is 6.42 Å². The maximum absolute atomic E-state index is 3.90. The van der Waals surface area contributed by atoms with Gasteiger partial charge in [-0.2, -0.15) is 0 Å². The van der Waals surface area contributed by atoms with E-state index in [-0.39, 0.29) is 0 Å². The van der Waals surface area contributed by atoms with E-state index in [4.69, 9.17) is 0 Å². The molecule has 0 aromatic heterocycles. The molecule has 70 heavy (non-hydrogen) atoms. The lowest BCUT2D eigenvalue weighted by Gasteiger charge is -2.15. The average Bonchev–Trinajstić information content (AvgIpc) is 3.83. The zero-order valence-electron chi connectivity index (χ0n) is 46.5. The van der Waals surface area contributed by atoms with Crippen LogP contribution in [0.3, 0.4) is 0 Å². The summed E-state index contributed by atoms with van der Waals surface area (Å²) in [6.07, 6.45) is 27.2. The summed E-state index contributed by atoms with van der Waals surface area (Å²) in [4.78, 5) is 0. The van der Waals surface area contributed by atoms with Crippen LogP contribution in [0.15, 0.2) is 231 Å². The first-order chi connectivity index (χ1) is 33.9. The molecule has 0 nitrogen and oxygen atoms in total. The summed E-state index contributed by atoms with van der Waals surface area (Å²) in [5.74, 6) is 0.937. The lowest BCUT2D eigenvalue weighted by molar-refractivity contribution is 0.890. The van der Waals surface area contributed by atoms with E-state index >= 15 is 0 Å². The van der Waals surface area contributed by atoms with Gasteiger partial charge in [-0.1, -0.05) is 274 Å². The van der Waals surface area contributed by atoms with Gasteiger partial charge in [-0.3, -0.25) is 0 Å².